The molecule has 0 saturated carbocycles. The summed E-state index contributed by atoms with van der Waals surface area (Å²) < 4.78 is 38.3. The smallest absolute Gasteiger partial charge is 0.462 e. The van der Waals surface area contributed by atoms with E-state index in [9.17, 15) is 34.4 Å². The molecule has 7 atom stereocenters. The molecule has 0 aliphatic carbocycles. The van der Waals surface area contributed by atoms with Gasteiger partial charge >= 0.3 is 19.8 Å². The maximum atomic E-state index is 12.6. The first kappa shape index (κ1) is 52.3. The number of hydrogen-bond donors (Lipinski definition) is 5. The number of ether oxygens (including phenoxy) is 3. The van der Waals surface area contributed by atoms with Crippen molar-refractivity contribution in [3.63, 3.8) is 0 Å². The first-order chi connectivity index (χ1) is 27.5. The standard InChI is InChI=1S/C43H72NO12P/c1-3-5-7-8-9-10-11-12-13-14-15-16-17-18-24-28-42(48)55-37(35-54-57(50,51)53-32-31-44)34-52-41(47)27-23-20-19-22-26-38-39(46)33-43(49)56-40(38)30-29-36(45)25-21-6-4-2/h5,7,9-10,12-13,15-16,19,22,29-30,36-40,43,45-46,49H,3-4,6,8,11,14,17-18,20-21,23-28,31-35,44H2,1-2H3,(H,50,51)/b7-5-,10-9-,13-12-,16-15-,22-19-,30-29+/t36-,37+,38-,39-,40+,43?/m0/s1. The Morgan fingerprint density at radius 3 is 2.16 bits per heavy atom. The molecule has 0 aromatic heterocycles. The highest BCUT2D eigenvalue weighted by molar-refractivity contribution is 7.47. The number of unbranched alkanes of at least 4 members (excludes halogenated alkanes) is 5. The molecule has 1 aliphatic heterocycles. The molecule has 14 heteroatoms. The zero-order valence-corrected chi connectivity index (χ0v) is 35.2. The maximum absolute atomic E-state index is 12.6. The third-order valence-corrected chi connectivity index (χ3v) is 9.86. The van der Waals surface area contributed by atoms with E-state index in [-0.39, 0.29) is 44.9 Å². The highest BCUT2D eigenvalue weighted by atomic mass is 31.2. The van der Waals surface area contributed by atoms with Gasteiger partial charge in [0.2, 0.25) is 0 Å². The molecule has 13 nitrogen and oxygen atoms in total. The van der Waals surface area contributed by atoms with Gasteiger partial charge in [-0.3, -0.25) is 18.6 Å². The Morgan fingerprint density at radius 2 is 1.47 bits per heavy atom. The summed E-state index contributed by atoms with van der Waals surface area (Å²) in [4.78, 5) is 35.0. The van der Waals surface area contributed by atoms with Gasteiger partial charge in [-0.1, -0.05) is 106 Å². The van der Waals surface area contributed by atoms with Crippen LogP contribution in [0.2, 0.25) is 0 Å². The van der Waals surface area contributed by atoms with Crippen molar-refractivity contribution in [1.82, 2.24) is 0 Å². The predicted molar refractivity (Wildman–Crippen MR) is 223 cm³/mol. The van der Waals surface area contributed by atoms with Crippen LogP contribution < -0.4 is 5.73 Å². The normalized spacial score (nSPS) is 21.4. The Kier molecular flexibility index (Phi) is 31.4. The van der Waals surface area contributed by atoms with E-state index in [0.717, 1.165) is 57.8 Å². The fourth-order valence-electron chi connectivity index (χ4n) is 5.72. The Morgan fingerprint density at radius 1 is 0.825 bits per heavy atom. The van der Waals surface area contributed by atoms with E-state index in [0.29, 0.717) is 32.1 Å². The van der Waals surface area contributed by atoms with Crippen LogP contribution >= 0.6 is 7.82 Å². The number of phosphoric ester groups is 1. The SMILES string of the molecule is CC/C=C\C/C=C\C/C=C\C/C=C\CCCCC(=O)O[C@H](COC(=O)CCC/C=C\C[C@H]1[C@@H](O)CC(O)O[C@@H]1/C=C/[C@@H](O)CCCCC)COP(=O)(O)OCCN. The first-order valence-electron chi connectivity index (χ1n) is 20.8. The van der Waals surface area contributed by atoms with Gasteiger partial charge in [0, 0.05) is 31.7 Å². The molecule has 1 fully saturated rings. The molecule has 326 valence electrons. The molecule has 6 N–H and O–H groups in total. The van der Waals surface area contributed by atoms with Crippen molar-refractivity contribution < 1.29 is 57.6 Å². The van der Waals surface area contributed by atoms with Crippen LogP contribution in [-0.2, 0) is 37.4 Å². The Labute approximate surface area is 341 Å². The summed E-state index contributed by atoms with van der Waals surface area (Å²) in [7, 11) is -4.46. The molecule has 0 spiro atoms. The summed E-state index contributed by atoms with van der Waals surface area (Å²) in [5, 5.41) is 30.9. The number of aliphatic hydroxyl groups excluding tert-OH is 3. The highest BCUT2D eigenvalue weighted by Crippen LogP contribution is 2.43. The van der Waals surface area contributed by atoms with E-state index in [1.54, 1.807) is 12.2 Å². The zero-order chi connectivity index (χ0) is 42.0. The molecule has 0 aromatic carbocycles. The van der Waals surface area contributed by atoms with E-state index < -0.39 is 57.1 Å². The number of aliphatic hydroxyl groups is 3. The predicted octanol–water partition coefficient (Wildman–Crippen LogP) is 7.60. The van der Waals surface area contributed by atoms with Crippen LogP contribution in [0.3, 0.4) is 0 Å². The molecule has 1 saturated heterocycles. The average molecular weight is 826 g/mol. The third kappa shape index (κ3) is 29.2. The summed E-state index contributed by atoms with van der Waals surface area (Å²) in [5.74, 6) is -1.40. The van der Waals surface area contributed by atoms with Crippen molar-refractivity contribution in [3.8, 4) is 0 Å². The molecule has 0 amide bonds. The van der Waals surface area contributed by atoms with E-state index in [1.807, 2.05) is 12.2 Å². The minimum absolute atomic E-state index is 0.00322. The van der Waals surface area contributed by atoms with Crippen LogP contribution in [0.25, 0.3) is 0 Å². The fraction of sp³-hybridized carbons (Fsp3) is 0.674. The quantitative estimate of drug-likeness (QED) is 0.0187. The number of hydrogen-bond acceptors (Lipinski definition) is 12. The van der Waals surface area contributed by atoms with E-state index in [1.165, 1.54) is 0 Å². The molecule has 2 unspecified atom stereocenters. The summed E-state index contributed by atoms with van der Waals surface area (Å²) in [6, 6.07) is 0. The number of carbonyl (C=O) groups is 2. The highest BCUT2D eigenvalue weighted by Gasteiger charge is 2.35. The number of rotatable bonds is 33. The minimum Gasteiger partial charge on any atom is -0.462 e. The van der Waals surface area contributed by atoms with E-state index in [4.69, 9.17) is 29.0 Å². The summed E-state index contributed by atoms with van der Waals surface area (Å²) >= 11 is 0. The van der Waals surface area contributed by atoms with Crippen LogP contribution in [-0.4, -0.2) is 89.2 Å². The van der Waals surface area contributed by atoms with Gasteiger partial charge < -0.3 is 40.2 Å². The number of phosphoric acid groups is 1. The van der Waals surface area contributed by atoms with Gasteiger partial charge in [-0.2, -0.15) is 0 Å². The number of esters is 2. The molecule has 0 radical (unpaired) electrons. The summed E-state index contributed by atoms with van der Waals surface area (Å²) in [5.41, 5.74) is 5.33. The number of allylic oxidation sites excluding steroid dienone is 10. The van der Waals surface area contributed by atoms with Crippen LogP contribution in [0.4, 0.5) is 0 Å². The van der Waals surface area contributed by atoms with Crippen LogP contribution in [0, 0.1) is 5.92 Å². The first-order valence-corrected chi connectivity index (χ1v) is 22.3. The van der Waals surface area contributed by atoms with Crippen LogP contribution in [0.15, 0.2) is 72.9 Å². The largest absolute Gasteiger partial charge is 0.472 e. The lowest BCUT2D eigenvalue weighted by molar-refractivity contribution is -0.199. The fourth-order valence-corrected chi connectivity index (χ4v) is 6.49. The van der Waals surface area contributed by atoms with E-state index in [2.05, 4.69) is 62.5 Å². The van der Waals surface area contributed by atoms with Crippen molar-refractivity contribution in [3.05, 3.63) is 72.9 Å². The van der Waals surface area contributed by atoms with Gasteiger partial charge in [0.05, 0.1) is 31.5 Å². The summed E-state index contributed by atoms with van der Waals surface area (Å²) in [6.07, 6.45) is 31.3. The number of carbonyl (C=O) groups excluding carboxylic acids is 2. The second-order valence-corrected chi connectivity index (χ2v) is 15.5. The lowest BCUT2D eigenvalue weighted by Crippen LogP contribution is -2.43. The monoisotopic (exact) mass is 825 g/mol. The number of nitrogens with two attached hydrogens (primary N) is 1. The molecule has 0 aromatic rings. The van der Waals surface area contributed by atoms with Gasteiger partial charge in [0.15, 0.2) is 12.4 Å². The average Bonchev–Trinajstić information content (AvgIpc) is 3.17. The Balaban J connectivity index is 2.50. The molecule has 57 heavy (non-hydrogen) atoms. The van der Waals surface area contributed by atoms with Crippen molar-refractivity contribution in [2.75, 3.05) is 26.4 Å². The molecule has 1 heterocycles. The van der Waals surface area contributed by atoms with Crippen molar-refractivity contribution in [2.24, 2.45) is 11.7 Å². The topological polar surface area (TPSA) is 204 Å². The molecular formula is C43H72NO12P. The Hall–Kier alpha value is -2.71. The van der Waals surface area contributed by atoms with Gasteiger partial charge in [-0.25, -0.2) is 4.57 Å². The third-order valence-electron chi connectivity index (χ3n) is 8.87. The molecular weight excluding hydrogens is 753 g/mol. The lowest BCUT2D eigenvalue weighted by atomic mass is 9.87. The summed E-state index contributed by atoms with van der Waals surface area (Å²) in [6.45, 7) is 3.12. The van der Waals surface area contributed by atoms with Gasteiger partial charge in [-0.15, -0.1) is 0 Å². The lowest BCUT2D eigenvalue weighted by Gasteiger charge is -2.36. The molecule has 1 rings (SSSR count). The van der Waals surface area contributed by atoms with Crippen molar-refractivity contribution in [1.29, 1.82) is 0 Å². The Bertz CT molecular complexity index is 1280. The van der Waals surface area contributed by atoms with Gasteiger partial charge in [0.1, 0.15) is 6.61 Å². The van der Waals surface area contributed by atoms with Crippen molar-refractivity contribution >= 4 is 19.8 Å². The minimum atomic E-state index is -4.46. The molecule has 1 aliphatic rings. The van der Waals surface area contributed by atoms with Gasteiger partial charge in [0.25, 0.3) is 0 Å². The van der Waals surface area contributed by atoms with Crippen LogP contribution in [0.5, 0.6) is 0 Å². The van der Waals surface area contributed by atoms with Gasteiger partial charge in [-0.05, 0) is 70.6 Å². The second kappa shape index (κ2) is 34.2. The zero-order valence-electron chi connectivity index (χ0n) is 34.3. The van der Waals surface area contributed by atoms with Crippen molar-refractivity contribution in [2.45, 2.75) is 154 Å². The maximum Gasteiger partial charge on any atom is 0.472 e. The van der Waals surface area contributed by atoms with E-state index >= 15 is 0 Å². The van der Waals surface area contributed by atoms with Crippen LogP contribution in [0.1, 0.15) is 123 Å². The second-order valence-electron chi connectivity index (χ2n) is 14.0. The molecule has 0 bridgehead atoms.